The molecular formula is C13H17NO4S2. The van der Waals surface area contributed by atoms with E-state index in [0.29, 0.717) is 11.3 Å². The Hall–Kier alpha value is -0.920. The zero-order chi connectivity index (χ0) is 14.4. The maximum atomic E-state index is 12.1. The third-order valence-electron chi connectivity index (χ3n) is 3.92. The first-order valence-corrected chi connectivity index (χ1v) is 10.1. The molecule has 2 unspecified atom stereocenters. The van der Waals surface area contributed by atoms with Crippen LogP contribution >= 0.6 is 0 Å². The maximum Gasteiger partial charge on any atom is 0.180 e. The van der Waals surface area contributed by atoms with Crippen LogP contribution in [-0.4, -0.2) is 40.1 Å². The molecule has 5 nitrogen and oxygen atoms in total. The smallest absolute Gasteiger partial charge is 0.180 e. The van der Waals surface area contributed by atoms with Crippen LogP contribution in [0.25, 0.3) is 0 Å². The second kappa shape index (κ2) is 4.82. The fraction of sp³-hybridized carbons (Fsp3) is 0.538. The first-order valence-electron chi connectivity index (χ1n) is 6.65. The molecule has 3 rings (SSSR count). The zero-order valence-corrected chi connectivity index (χ0v) is 12.6. The standard InChI is InChI=1S/C13H17NO4S2/c15-19(16)7-3-4-10(8-19)14-12-9-20(17,18)13-6-2-1-5-11(12)13/h1-2,5-6,10,12,14H,3-4,7-9H2. The molecule has 1 aromatic carbocycles. The minimum atomic E-state index is -3.25. The summed E-state index contributed by atoms with van der Waals surface area (Å²) >= 11 is 0. The topological polar surface area (TPSA) is 80.3 Å². The van der Waals surface area contributed by atoms with Gasteiger partial charge in [0.25, 0.3) is 0 Å². The molecule has 1 N–H and O–H groups in total. The lowest BCUT2D eigenvalue weighted by Gasteiger charge is -2.26. The molecule has 2 aliphatic rings. The van der Waals surface area contributed by atoms with Crippen LogP contribution in [0.15, 0.2) is 29.2 Å². The minimum Gasteiger partial charge on any atom is -0.305 e. The average molecular weight is 315 g/mol. The van der Waals surface area contributed by atoms with Crippen molar-refractivity contribution in [3.8, 4) is 0 Å². The van der Waals surface area contributed by atoms with E-state index in [-0.39, 0.29) is 29.3 Å². The largest absolute Gasteiger partial charge is 0.305 e. The molecule has 0 bridgehead atoms. The average Bonchev–Trinajstić information content (AvgIpc) is 2.61. The Morgan fingerprint density at radius 2 is 1.80 bits per heavy atom. The van der Waals surface area contributed by atoms with Crippen molar-refractivity contribution in [3.05, 3.63) is 29.8 Å². The van der Waals surface area contributed by atoms with Crippen LogP contribution in [0.5, 0.6) is 0 Å². The third-order valence-corrected chi connectivity index (χ3v) is 7.55. The maximum absolute atomic E-state index is 12.1. The van der Waals surface area contributed by atoms with Crippen LogP contribution in [0.2, 0.25) is 0 Å². The van der Waals surface area contributed by atoms with Gasteiger partial charge in [-0.1, -0.05) is 18.2 Å². The molecule has 0 spiro atoms. The highest BCUT2D eigenvalue weighted by atomic mass is 32.2. The van der Waals surface area contributed by atoms with E-state index in [1.54, 1.807) is 18.2 Å². The quantitative estimate of drug-likeness (QED) is 0.868. The number of hydrogen-bond acceptors (Lipinski definition) is 5. The molecule has 1 saturated heterocycles. The number of fused-ring (bicyclic) bond motifs is 1. The van der Waals surface area contributed by atoms with E-state index < -0.39 is 19.7 Å². The molecule has 0 aromatic heterocycles. The Kier molecular flexibility index (Phi) is 3.38. The van der Waals surface area contributed by atoms with Crippen molar-refractivity contribution in [1.29, 1.82) is 0 Å². The van der Waals surface area contributed by atoms with Crippen LogP contribution < -0.4 is 5.32 Å². The molecule has 20 heavy (non-hydrogen) atoms. The summed E-state index contributed by atoms with van der Waals surface area (Å²) in [4.78, 5) is 0.371. The summed E-state index contributed by atoms with van der Waals surface area (Å²) in [6.07, 6.45) is 1.42. The molecule has 2 heterocycles. The number of benzene rings is 1. The van der Waals surface area contributed by atoms with Crippen molar-refractivity contribution in [1.82, 2.24) is 5.32 Å². The van der Waals surface area contributed by atoms with E-state index in [1.807, 2.05) is 6.07 Å². The van der Waals surface area contributed by atoms with Gasteiger partial charge in [0.15, 0.2) is 19.7 Å². The molecule has 0 aliphatic carbocycles. The zero-order valence-electron chi connectivity index (χ0n) is 10.9. The van der Waals surface area contributed by atoms with Gasteiger partial charge in [-0.05, 0) is 24.5 Å². The van der Waals surface area contributed by atoms with Crippen LogP contribution in [0.4, 0.5) is 0 Å². The van der Waals surface area contributed by atoms with Gasteiger partial charge in [-0.3, -0.25) is 0 Å². The molecule has 1 aromatic rings. The summed E-state index contributed by atoms with van der Waals surface area (Å²) in [5.41, 5.74) is 0.760. The normalized spacial score (nSPS) is 30.8. The van der Waals surface area contributed by atoms with E-state index >= 15 is 0 Å². The van der Waals surface area contributed by atoms with Crippen LogP contribution in [0.1, 0.15) is 24.4 Å². The van der Waals surface area contributed by atoms with Crippen molar-refractivity contribution in [2.24, 2.45) is 0 Å². The summed E-state index contributed by atoms with van der Waals surface area (Å²) in [6.45, 7) is 0. The van der Waals surface area contributed by atoms with Crippen molar-refractivity contribution in [2.45, 2.75) is 29.8 Å². The molecule has 0 saturated carbocycles. The highest BCUT2D eigenvalue weighted by Gasteiger charge is 2.36. The number of rotatable bonds is 2. The van der Waals surface area contributed by atoms with Crippen LogP contribution in [-0.2, 0) is 19.7 Å². The van der Waals surface area contributed by atoms with Gasteiger partial charge in [0.05, 0.1) is 22.2 Å². The van der Waals surface area contributed by atoms with Gasteiger partial charge in [0, 0.05) is 12.1 Å². The first kappa shape index (κ1) is 14.0. The van der Waals surface area contributed by atoms with Gasteiger partial charge >= 0.3 is 0 Å². The van der Waals surface area contributed by atoms with Gasteiger partial charge in [-0.2, -0.15) is 0 Å². The highest BCUT2D eigenvalue weighted by Crippen LogP contribution is 2.33. The van der Waals surface area contributed by atoms with E-state index in [1.165, 1.54) is 0 Å². The number of nitrogens with one attached hydrogen (secondary N) is 1. The van der Waals surface area contributed by atoms with Gasteiger partial charge in [0.2, 0.25) is 0 Å². The Balaban J connectivity index is 1.83. The monoisotopic (exact) mass is 315 g/mol. The van der Waals surface area contributed by atoms with Gasteiger partial charge in [0.1, 0.15) is 0 Å². The Morgan fingerprint density at radius 1 is 1.05 bits per heavy atom. The molecule has 0 amide bonds. The molecule has 2 atom stereocenters. The molecule has 0 radical (unpaired) electrons. The summed E-state index contributed by atoms with van der Waals surface area (Å²) < 4.78 is 47.4. The van der Waals surface area contributed by atoms with E-state index in [0.717, 1.165) is 12.0 Å². The fourth-order valence-electron chi connectivity index (χ4n) is 3.03. The lowest BCUT2D eigenvalue weighted by molar-refractivity contribution is 0.440. The second-order valence-electron chi connectivity index (χ2n) is 5.49. The first-order chi connectivity index (χ1) is 9.37. The lowest BCUT2D eigenvalue weighted by Crippen LogP contribution is -2.42. The summed E-state index contributed by atoms with van der Waals surface area (Å²) in [7, 11) is -6.24. The summed E-state index contributed by atoms with van der Waals surface area (Å²) in [6, 6.07) is 6.49. The van der Waals surface area contributed by atoms with Crippen molar-refractivity contribution in [2.75, 3.05) is 17.3 Å². The van der Waals surface area contributed by atoms with Crippen molar-refractivity contribution >= 4 is 19.7 Å². The van der Waals surface area contributed by atoms with Crippen LogP contribution in [0, 0.1) is 0 Å². The van der Waals surface area contributed by atoms with E-state index in [9.17, 15) is 16.8 Å². The number of sulfone groups is 2. The van der Waals surface area contributed by atoms with Gasteiger partial charge in [-0.15, -0.1) is 0 Å². The lowest BCUT2D eigenvalue weighted by atomic mass is 10.1. The molecule has 7 heteroatoms. The third kappa shape index (κ3) is 2.62. The van der Waals surface area contributed by atoms with Gasteiger partial charge in [-0.25, -0.2) is 16.8 Å². The highest BCUT2D eigenvalue weighted by molar-refractivity contribution is 7.92. The Labute approximate surface area is 119 Å². The van der Waals surface area contributed by atoms with E-state index in [2.05, 4.69) is 5.32 Å². The molecule has 110 valence electrons. The van der Waals surface area contributed by atoms with E-state index in [4.69, 9.17) is 0 Å². The fourth-order valence-corrected chi connectivity index (χ4v) is 6.43. The van der Waals surface area contributed by atoms with Crippen molar-refractivity contribution < 1.29 is 16.8 Å². The summed E-state index contributed by atoms with van der Waals surface area (Å²) in [5.74, 6) is 0.360. The van der Waals surface area contributed by atoms with Crippen molar-refractivity contribution in [3.63, 3.8) is 0 Å². The van der Waals surface area contributed by atoms with Crippen LogP contribution in [0.3, 0.4) is 0 Å². The summed E-state index contributed by atoms with van der Waals surface area (Å²) in [5, 5.41) is 3.23. The Bertz CT molecular complexity index is 724. The Morgan fingerprint density at radius 3 is 2.55 bits per heavy atom. The predicted molar refractivity (Wildman–Crippen MR) is 76.0 cm³/mol. The predicted octanol–water partition coefficient (Wildman–Crippen LogP) is 0.682. The second-order valence-corrected chi connectivity index (χ2v) is 9.72. The molecular weight excluding hydrogens is 298 g/mol. The molecule has 1 fully saturated rings. The molecule has 2 aliphatic heterocycles. The SMILES string of the molecule is O=S1(=O)CCCC(NC2CS(=O)(=O)c3ccccc32)C1. The van der Waals surface area contributed by atoms with Gasteiger partial charge < -0.3 is 5.32 Å². The minimum absolute atomic E-state index is 0.0168. The number of hydrogen-bond donors (Lipinski definition) is 1.